The van der Waals surface area contributed by atoms with Gasteiger partial charge in [0.1, 0.15) is 11.6 Å². The Morgan fingerprint density at radius 3 is 2.67 bits per heavy atom. The second-order valence-electron chi connectivity index (χ2n) is 4.65. The number of carbonyl (C=O) groups excluding carboxylic acids is 1. The number of phenols is 1. The third-order valence-corrected chi connectivity index (χ3v) is 2.91. The zero-order valence-corrected chi connectivity index (χ0v) is 12.3. The summed E-state index contributed by atoms with van der Waals surface area (Å²) in [6.45, 7) is -0.107. The first-order valence-electron chi connectivity index (χ1n) is 6.74. The van der Waals surface area contributed by atoms with E-state index in [1.54, 1.807) is 0 Å². The van der Waals surface area contributed by atoms with Gasteiger partial charge < -0.3 is 10.4 Å². The Labute approximate surface area is 135 Å². The molecular weight excluding hydrogens is 319 g/mol. The molecular formula is C15H13FN4O4. The molecule has 2 rings (SSSR count). The first-order valence-corrected chi connectivity index (χ1v) is 6.74. The summed E-state index contributed by atoms with van der Waals surface area (Å²) in [5.74, 6) is -1.07. The van der Waals surface area contributed by atoms with E-state index >= 15 is 0 Å². The molecule has 24 heavy (non-hydrogen) atoms. The van der Waals surface area contributed by atoms with Crippen molar-refractivity contribution < 1.29 is 19.2 Å². The fourth-order valence-corrected chi connectivity index (χ4v) is 1.72. The lowest BCUT2D eigenvalue weighted by Crippen LogP contribution is -2.25. The van der Waals surface area contributed by atoms with Crippen LogP contribution in [-0.4, -0.2) is 28.7 Å². The highest BCUT2D eigenvalue weighted by molar-refractivity contribution is 5.86. The van der Waals surface area contributed by atoms with Crippen molar-refractivity contribution in [3.8, 4) is 5.75 Å². The molecule has 3 N–H and O–H groups in total. The van der Waals surface area contributed by atoms with E-state index in [1.165, 1.54) is 24.3 Å². The lowest BCUT2D eigenvalue weighted by Gasteiger charge is -2.05. The molecule has 2 aromatic carbocycles. The summed E-state index contributed by atoms with van der Waals surface area (Å²) >= 11 is 0. The number of hydrazone groups is 1. The molecule has 0 atom stereocenters. The van der Waals surface area contributed by atoms with Crippen molar-refractivity contribution >= 4 is 23.5 Å². The fraction of sp³-hybridized carbons (Fsp3) is 0.0667. The Hall–Kier alpha value is -3.49. The van der Waals surface area contributed by atoms with E-state index in [2.05, 4.69) is 15.8 Å². The van der Waals surface area contributed by atoms with Gasteiger partial charge in [0.2, 0.25) is 0 Å². The molecule has 0 unspecified atom stereocenters. The Morgan fingerprint density at radius 2 is 2.00 bits per heavy atom. The van der Waals surface area contributed by atoms with Gasteiger partial charge in [0.25, 0.3) is 11.6 Å². The number of halogens is 1. The maximum absolute atomic E-state index is 12.7. The minimum absolute atomic E-state index is 0.0935. The molecule has 0 aliphatic rings. The van der Waals surface area contributed by atoms with Crippen LogP contribution in [0.15, 0.2) is 47.6 Å². The molecule has 0 radical (unpaired) electrons. The van der Waals surface area contributed by atoms with Crippen LogP contribution in [0.1, 0.15) is 5.56 Å². The van der Waals surface area contributed by atoms with Crippen LogP contribution >= 0.6 is 0 Å². The average molecular weight is 332 g/mol. The van der Waals surface area contributed by atoms with Crippen LogP contribution in [0.25, 0.3) is 0 Å². The summed E-state index contributed by atoms with van der Waals surface area (Å²) in [6.07, 6.45) is 1.10. The van der Waals surface area contributed by atoms with Gasteiger partial charge >= 0.3 is 0 Å². The van der Waals surface area contributed by atoms with E-state index in [0.717, 1.165) is 24.4 Å². The second-order valence-corrected chi connectivity index (χ2v) is 4.65. The first kappa shape index (κ1) is 16.9. The summed E-state index contributed by atoms with van der Waals surface area (Å²) in [5.41, 5.74) is 2.65. The molecule has 0 aliphatic heterocycles. The highest BCUT2D eigenvalue weighted by Crippen LogP contribution is 2.21. The summed E-state index contributed by atoms with van der Waals surface area (Å²) in [6, 6.07) is 8.91. The van der Waals surface area contributed by atoms with Gasteiger partial charge in [-0.2, -0.15) is 5.10 Å². The number of hydrogen-bond donors (Lipinski definition) is 3. The quantitative estimate of drug-likeness (QED) is 0.425. The highest BCUT2D eigenvalue weighted by atomic mass is 19.1. The molecule has 0 bridgehead atoms. The first-order chi connectivity index (χ1) is 11.5. The number of aromatic hydroxyl groups is 1. The van der Waals surface area contributed by atoms with Crippen LogP contribution in [0.5, 0.6) is 5.75 Å². The molecule has 0 heterocycles. The van der Waals surface area contributed by atoms with Crippen molar-refractivity contribution in [2.75, 3.05) is 11.9 Å². The lowest BCUT2D eigenvalue weighted by molar-refractivity contribution is -0.384. The number of nitro benzene ring substituents is 1. The number of carbonyl (C=O) groups is 1. The number of phenolic OH excluding ortho intramolecular Hbond substituents is 1. The number of nitro groups is 1. The van der Waals surface area contributed by atoms with Crippen LogP contribution in [0.2, 0.25) is 0 Å². The zero-order valence-electron chi connectivity index (χ0n) is 12.3. The molecule has 0 aromatic heterocycles. The molecule has 0 aliphatic carbocycles. The highest BCUT2D eigenvalue weighted by Gasteiger charge is 2.08. The number of hydrogen-bond acceptors (Lipinski definition) is 6. The van der Waals surface area contributed by atoms with Crippen molar-refractivity contribution in [1.29, 1.82) is 0 Å². The third kappa shape index (κ3) is 4.77. The van der Waals surface area contributed by atoms with Gasteiger partial charge in [-0.15, -0.1) is 0 Å². The SMILES string of the molecule is O=C(CNc1ccc(F)cc1)N/N=C/c1cc([N+](=O)[O-])ccc1O. The Bertz CT molecular complexity index is 778. The lowest BCUT2D eigenvalue weighted by atomic mass is 10.2. The van der Waals surface area contributed by atoms with Gasteiger partial charge in [0, 0.05) is 23.4 Å². The Kier molecular flexibility index (Phi) is 5.40. The van der Waals surface area contributed by atoms with E-state index in [9.17, 15) is 24.4 Å². The number of benzene rings is 2. The molecule has 9 heteroatoms. The van der Waals surface area contributed by atoms with E-state index in [1.807, 2.05) is 0 Å². The summed E-state index contributed by atoms with van der Waals surface area (Å²) < 4.78 is 12.7. The standard InChI is InChI=1S/C15H13FN4O4/c16-11-1-3-12(4-2-11)17-9-15(22)19-18-8-10-7-13(20(23)24)5-6-14(10)21/h1-8,17,21H,9H2,(H,19,22)/b18-8+. The van der Waals surface area contributed by atoms with Crippen LogP contribution in [0.4, 0.5) is 15.8 Å². The average Bonchev–Trinajstić information content (AvgIpc) is 2.56. The number of nitrogens with zero attached hydrogens (tertiary/aromatic N) is 2. The molecule has 0 fully saturated rings. The van der Waals surface area contributed by atoms with E-state index in [0.29, 0.717) is 5.69 Å². The van der Waals surface area contributed by atoms with Gasteiger partial charge in [-0.3, -0.25) is 14.9 Å². The Balaban J connectivity index is 1.89. The van der Waals surface area contributed by atoms with Crippen molar-refractivity contribution in [2.24, 2.45) is 5.10 Å². The smallest absolute Gasteiger partial charge is 0.270 e. The van der Waals surface area contributed by atoms with Gasteiger partial charge in [-0.1, -0.05) is 0 Å². The van der Waals surface area contributed by atoms with Crippen LogP contribution in [-0.2, 0) is 4.79 Å². The topological polar surface area (TPSA) is 117 Å². The molecule has 1 amide bonds. The van der Waals surface area contributed by atoms with Crippen molar-refractivity contribution in [3.05, 3.63) is 64.0 Å². The normalized spacial score (nSPS) is 10.5. The number of rotatable bonds is 6. The fourth-order valence-electron chi connectivity index (χ4n) is 1.72. The van der Waals surface area contributed by atoms with E-state index < -0.39 is 10.8 Å². The maximum atomic E-state index is 12.7. The van der Waals surface area contributed by atoms with Crippen molar-refractivity contribution in [3.63, 3.8) is 0 Å². The number of non-ortho nitro benzene ring substituents is 1. The molecule has 8 nitrogen and oxygen atoms in total. The van der Waals surface area contributed by atoms with Gasteiger partial charge in [0.05, 0.1) is 17.7 Å². The van der Waals surface area contributed by atoms with Gasteiger partial charge in [-0.05, 0) is 30.3 Å². The third-order valence-electron chi connectivity index (χ3n) is 2.91. The van der Waals surface area contributed by atoms with Crippen LogP contribution < -0.4 is 10.7 Å². The zero-order chi connectivity index (χ0) is 17.5. The van der Waals surface area contributed by atoms with Crippen LogP contribution in [0, 0.1) is 15.9 Å². The predicted molar refractivity (Wildman–Crippen MR) is 85.4 cm³/mol. The second kappa shape index (κ2) is 7.68. The number of nitrogens with one attached hydrogen (secondary N) is 2. The molecule has 124 valence electrons. The van der Waals surface area contributed by atoms with E-state index in [4.69, 9.17) is 0 Å². The summed E-state index contributed by atoms with van der Waals surface area (Å²) in [5, 5.41) is 26.6. The Morgan fingerprint density at radius 1 is 1.29 bits per heavy atom. The minimum atomic E-state index is -0.609. The summed E-state index contributed by atoms with van der Waals surface area (Å²) in [7, 11) is 0. The van der Waals surface area contributed by atoms with Gasteiger partial charge in [-0.25, -0.2) is 9.82 Å². The minimum Gasteiger partial charge on any atom is -0.507 e. The molecule has 0 saturated carbocycles. The van der Waals surface area contributed by atoms with Crippen molar-refractivity contribution in [2.45, 2.75) is 0 Å². The van der Waals surface area contributed by atoms with Crippen LogP contribution in [0.3, 0.4) is 0 Å². The number of amides is 1. The molecule has 0 spiro atoms. The monoisotopic (exact) mass is 332 g/mol. The summed E-state index contributed by atoms with van der Waals surface area (Å²) in [4.78, 5) is 21.7. The largest absolute Gasteiger partial charge is 0.507 e. The predicted octanol–water partition coefficient (Wildman–Crippen LogP) is 2.00. The number of anilines is 1. The molecule has 2 aromatic rings. The maximum Gasteiger partial charge on any atom is 0.270 e. The van der Waals surface area contributed by atoms with E-state index in [-0.39, 0.29) is 29.4 Å². The van der Waals surface area contributed by atoms with Crippen molar-refractivity contribution in [1.82, 2.24) is 5.43 Å². The molecule has 0 saturated heterocycles. The van der Waals surface area contributed by atoms with Gasteiger partial charge in [0.15, 0.2) is 0 Å².